The van der Waals surface area contributed by atoms with Crippen molar-refractivity contribution in [3.05, 3.63) is 48.2 Å². The molecular formula is C19H20N4O3. The van der Waals surface area contributed by atoms with E-state index in [9.17, 15) is 14.7 Å². The van der Waals surface area contributed by atoms with E-state index in [0.717, 1.165) is 5.56 Å². The van der Waals surface area contributed by atoms with Gasteiger partial charge in [0.2, 0.25) is 0 Å². The number of carbonyl (C=O) groups is 2. The zero-order valence-electron chi connectivity index (χ0n) is 14.9. The molecule has 0 aliphatic heterocycles. The number of hydrogen-bond donors (Lipinski definition) is 2. The number of carbonyl (C=O) groups excluding carboxylic acids is 1. The quantitative estimate of drug-likeness (QED) is 0.736. The summed E-state index contributed by atoms with van der Waals surface area (Å²) in [4.78, 5) is 28.8. The lowest BCUT2D eigenvalue weighted by atomic mass is 10.0. The van der Waals surface area contributed by atoms with Crippen LogP contribution in [0.15, 0.2) is 42.6 Å². The van der Waals surface area contributed by atoms with Crippen molar-refractivity contribution in [2.24, 2.45) is 0 Å². The molecule has 0 atom stereocenters. The fraction of sp³-hybridized carbons (Fsp3) is 0.263. The predicted molar refractivity (Wildman–Crippen MR) is 97.8 cm³/mol. The summed E-state index contributed by atoms with van der Waals surface area (Å²) in [7, 11) is 0. The second-order valence-corrected chi connectivity index (χ2v) is 6.50. The molecule has 0 bridgehead atoms. The van der Waals surface area contributed by atoms with Crippen LogP contribution in [0.1, 0.15) is 31.1 Å². The lowest BCUT2D eigenvalue weighted by molar-refractivity contribution is -0.143. The predicted octanol–water partition coefficient (Wildman–Crippen LogP) is 2.71. The number of aryl methyl sites for hydroxylation is 1. The number of rotatable bonds is 5. The molecule has 26 heavy (non-hydrogen) atoms. The van der Waals surface area contributed by atoms with Gasteiger partial charge in [-0.2, -0.15) is 5.10 Å². The largest absolute Gasteiger partial charge is 0.480 e. The number of benzene rings is 1. The van der Waals surface area contributed by atoms with Crippen molar-refractivity contribution in [2.75, 3.05) is 0 Å². The van der Waals surface area contributed by atoms with Gasteiger partial charge in [0, 0.05) is 12.1 Å². The molecule has 1 amide bonds. The first-order valence-electron chi connectivity index (χ1n) is 8.31. The van der Waals surface area contributed by atoms with E-state index in [1.54, 1.807) is 16.9 Å². The number of amides is 1. The van der Waals surface area contributed by atoms with Gasteiger partial charge in [-0.05, 0) is 26.8 Å². The second kappa shape index (κ2) is 6.59. The number of carboxylic acids is 1. The average molecular weight is 352 g/mol. The van der Waals surface area contributed by atoms with Gasteiger partial charge in [0.15, 0.2) is 5.65 Å². The van der Waals surface area contributed by atoms with Crippen LogP contribution in [0, 0.1) is 0 Å². The van der Waals surface area contributed by atoms with E-state index in [4.69, 9.17) is 0 Å². The molecule has 0 saturated heterocycles. The number of fused-ring (bicyclic) bond motifs is 1. The summed E-state index contributed by atoms with van der Waals surface area (Å²) in [5, 5.41) is 16.7. The number of aromatic nitrogens is 3. The Labute approximate surface area is 150 Å². The highest BCUT2D eigenvalue weighted by atomic mass is 16.4. The van der Waals surface area contributed by atoms with Crippen molar-refractivity contribution >= 4 is 22.9 Å². The fourth-order valence-electron chi connectivity index (χ4n) is 2.63. The molecule has 7 heteroatoms. The Hall–Kier alpha value is -3.22. The van der Waals surface area contributed by atoms with Crippen LogP contribution in [0.5, 0.6) is 0 Å². The van der Waals surface area contributed by atoms with Crippen LogP contribution in [0.3, 0.4) is 0 Å². The standard InChI is InChI=1S/C19H20N4O3/c1-4-23-16-14(11-20-23)13(17(24)22-19(2,3)18(25)26)10-15(21-16)12-8-6-5-7-9-12/h5-11H,4H2,1-3H3,(H,22,24)(H,25,26). The lowest BCUT2D eigenvalue weighted by Gasteiger charge is -2.21. The molecule has 3 rings (SSSR count). The maximum atomic E-state index is 12.8. The fourth-order valence-corrected chi connectivity index (χ4v) is 2.63. The molecule has 0 unspecified atom stereocenters. The first-order chi connectivity index (χ1) is 12.3. The minimum absolute atomic E-state index is 0.350. The molecule has 0 spiro atoms. The molecular weight excluding hydrogens is 332 g/mol. The van der Waals surface area contributed by atoms with Crippen LogP contribution in [0.2, 0.25) is 0 Å². The van der Waals surface area contributed by atoms with E-state index in [1.807, 2.05) is 37.3 Å². The molecule has 0 aliphatic rings. The van der Waals surface area contributed by atoms with Crippen LogP contribution in [-0.4, -0.2) is 37.3 Å². The Morgan fingerprint density at radius 2 is 1.92 bits per heavy atom. The average Bonchev–Trinajstić information content (AvgIpc) is 3.04. The maximum absolute atomic E-state index is 12.8. The Morgan fingerprint density at radius 1 is 1.23 bits per heavy atom. The highest BCUT2D eigenvalue weighted by Gasteiger charge is 2.30. The van der Waals surface area contributed by atoms with Gasteiger partial charge >= 0.3 is 5.97 Å². The summed E-state index contributed by atoms with van der Waals surface area (Å²) >= 11 is 0. The molecule has 2 aromatic heterocycles. The second-order valence-electron chi connectivity index (χ2n) is 6.50. The van der Waals surface area contributed by atoms with Gasteiger partial charge in [-0.15, -0.1) is 0 Å². The van der Waals surface area contributed by atoms with Crippen LogP contribution in [0.4, 0.5) is 0 Å². The summed E-state index contributed by atoms with van der Waals surface area (Å²) in [6, 6.07) is 11.2. The smallest absolute Gasteiger partial charge is 0.328 e. The van der Waals surface area contributed by atoms with Gasteiger partial charge in [-0.1, -0.05) is 30.3 Å². The molecule has 1 aromatic carbocycles. The van der Waals surface area contributed by atoms with Crippen LogP contribution >= 0.6 is 0 Å². The van der Waals surface area contributed by atoms with Crippen molar-refractivity contribution in [1.82, 2.24) is 20.1 Å². The molecule has 0 saturated carbocycles. The SMILES string of the molecule is CCn1ncc2c(C(=O)NC(C)(C)C(=O)O)cc(-c3ccccc3)nc21. The zero-order valence-corrected chi connectivity index (χ0v) is 14.9. The topological polar surface area (TPSA) is 97.1 Å². The molecule has 2 heterocycles. The Morgan fingerprint density at radius 3 is 2.54 bits per heavy atom. The normalized spacial score (nSPS) is 11.5. The molecule has 0 fully saturated rings. The Balaban J connectivity index is 2.16. The summed E-state index contributed by atoms with van der Waals surface area (Å²) in [6.45, 7) is 5.44. The van der Waals surface area contributed by atoms with Crippen LogP contribution < -0.4 is 5.32 Å². The molecule has 3 aromatic rings. The lowest BCUT2D eigenvalue weighted by Crippen LogP contribution is -2.49. The maximum Gasteiger partial charge on any atom is 0.328 e. The summed E-state index contributed by atoms with van der Waals surface area (Å²) in [5.41, 5.74) is 1.05. The van der Waals surface area contributed by atoms with E-state index in [-0.39, 0.29) is 0 Å². The van der Waals surface area contributed by atoms with E-state index in [2.05, 4.69) is 15.4 Å². The molecule has 2 N–H and O–H groups in total. The Kier molecular flexibility index (Phi) is 4.46. The number of hydrogen-bond acceptors (Lipinski definition) is 4. The molecule has 0 aliphatic carbocycles. The number of nitrogens with one attached hydrogen (secondary N) is 1. The summed E-state index contributed by atoms with van der Waals surface area (Å²) in [6.07, 6.45) is 1.59. The third-order valence-corrected chi connectivity index (χ3v) is 4.18. The number of pyridine rings is 1. The summed E-state index contributed by atoms with van der Waals surface area (Å²) in [5.74, 6) is -1.58. The minimum atomic E-state index is -1.39. The van der Waals surface area contributed by atoms with Gasteiger partial charge in [0.1, 0.15) is 5.54 Å². The first kappa shape index (κ1) is 17.6. The number of nitrogens with zero attached hydrogens (tertiary/aromatic N) is 3. The minimum Gasteiger partial charge on any atom is -0.480 e. The van der Waals surface area contributed by atoms with Gasteiger partial charge in [-0.25, -0.2) is 14.5 Å². The molecule has 0 radical (unpaired) electrons. The zero-order chi connectivity index (χ0) is 18.9. The molecule has 134 valence electrons. The van der Waals surface area contributed by atoms with Crippen molar-refractivity contribution in [1.29, 1.82) is 0 Å². The van der Waals surface area contributed by atoms with Crippen molar-refractivity contribution in [3.63, 3.8) is 0 Å². The third kappa shape index (κ3) is 3.15. The van der Waals surface area contributed by atoms with E-state index >= 15 is 0 Å². The third-order valence-electron chi connectivity index (χ3n) is 4.18. The van der Waals surface area contributed by atoms with E-state index < -0.39 is 17.4 Å². The first-order valence-corrected chi connectivity index (χ1v) is 8.31. The van der Waals surface area contributed by atoms with Crippen molar-refractivity contribution in [3.8, 4) is 11.3 Å². The van der Waals surface area contributed by atoms with Crippen LogP contribution in [-0.2, 0) is 11.3 Å². The molecule has 7 nitrogen and oxygen atoms in total. The Bertz CT molecular complexity index is 977. The van der Waals surface area contributed by atoms with Gasteiger partial charge in [0.05, 0.1) is 22.8 Å². The number of aliphatic carboxylic acids is 1. The number of carboxylic acid groups (broad SMARTS) is 1. The summed E-state index contributed by atoms with van der Waals surface area (Å²) < 4.78 is 1.71. The van der Waals surface area contributed by atoms with Gasteiger partial charge in [0.25, 0.3) is 5.91 Å². The van der Waals surface area contributed by atoms with Crippen molar-refractivity contribution in [2.45, 2.75) is 32.9 Å². The highest BCUT2D eigenvalue weighted by molar-refractivity contribution is 6.07. The van der Waals surface area contributed by atoms with Gasteiger partial charge < -0.3 is 10.4 Å². The van der Waals surface area contributed by atoms with Crippen molar-refractivity contribution < 1.29 is 14.7 Å². The van der Waals surface area contributed by atoms with E-state index in [0.29, 0.717) is 28.8 Å². The van der Waals surface area contributed by atoms with Gasteiger partial charge in [-0.3, -0.25) is 4.79 Å². The monoisotopic (exact) mass is 352 g/mol. The highest BCUT2D eigenvalue weighted by Crippen LogP contribution is 2.25. The van der Waals surface area contributed by atoms with Crippen LogP contribution in [0.25, 0.3) is 22.3 Å². The van der Waals surface area contributed by atoms with E-state index in [1.165, 1.54) is 13.8 Å².